The van der Waals surface area contributed by atoms with E-state index in [1.54, 1.807) is 38.3 Å². The molecule has 0 radical (unpaired) electrons. The third-order valence-electron chi connectivity index (χ3n) is 4.34. The Morgan fingerprint density at radius 1 is 1.41 bits per heavy atom. The molecule has 27 heavy (non-hydrogen) atoms. The summed E-state index contributed by atoms with van der Waals surface area (Å²) in [5.74, 6) is 0.433. The number of carbonyl (C=O) groups is 1. The van der Waals surface area contributed by atoms with Crippen LogP contribution >= 0.6 is 11.6 Å². The number of hydrogen-bond donors (Lipinski definition) is 1. The topological polar surface area (TPSA) is 103 Å². The van der Waals surface area contributed by atoms with Gasteiger partial charge in [0.15, 0.2) is 9.84 Å². The highest BCUT2D eigenvalue weighted by Crippen LogP contribution is 2.29. The van der Waals surface area contributed by atoms with E-state index in [9.17, 15) is 13.2 Å². The van der Waals surface area contributed by atoms with Gasteiger partial charge in [0, 0.05) is 5.56 Å². The number of methoxy groups -OCH3 is 1. The van der Waals surface area contributed by atoms with Crippen molar-refractivity contribution in [2.45, 2.75) is 19.4 Å². The first kappa shape index (κ1) is 19.4. The largest absolute Gasteiger partial charge is 0.497 e. The number of nitrogens with one attached hydrogen (secondary N) is 1. The van der Waals surface area contributed by atoms with Gasteiger partial charge in [-0.05, 0) is 37.6 Å². The molecular weight excluding hydrogens is 392 g/mol. The molecule has 8 nitrogen and oxygen atoms in total. The van der Waals surface area contributed by atoms with Crippen molar-refractivity contribution in [2.24, 2.45) is 5.10 Å². The first-order valence-electron chi connectivity index (χ1n) is 8.23. The van der Waals surface area contributed by atoms with Crippen LogP contribution in [-0.4, -0.2) is 48.9 Å². The van der Waals surface area contributed by atoms with E-state index in [-0.39, 0.29) is 23.5 Å². The molecule has 10 heteroatoms. The number of hydrazone groups is 1. The lowest BCUT2D eigenvalue weighted by molar-refractivity contribution is 0.0955. The number of ether oxygens (including phenoxy) is 1. The Bertz CT molecular complexity index is 983. The number of nitrogens with zero attached hydrogens (tertiary/aromatic N) is 3. The van der Waals surface area contributed by atoms with Crippen molar-refractivity contribution in [1.29, 1.82) is 0 Å². The molecule has 1 aromatic heterocycles. The number of hydrogen-bond acceptors (Lipinski definition) is 6. The fraction of sp³-hybridized carbons (Fsp3) is 0.353. The molecule has 1 N–H and O–H groups in total. The molecule has 144 valence electrons. The van der Waals surface area contributed by atoms with E-state index in [0.29, 0.717) is 34.1 Å². The van der Waals surface area contributed by atoms with Crippen LogP contribution in [0.1, 0.15) is 34.1 Å². The van der Waals surface area contributed by atoms with Crippen LogP contribution in [0.25, 0.3) is 0 Å². The van der Waals surface area contributed by atoms with Gasteiger partial charge in [-0.3, -0.25) is 4.79 Å². The molecule has 1 aromatic carbocycles. The SMILES string of the molecule is COc1ccc(C(=O)N/N=C\c2c(C)nn([C@@H]3CCS(=O)(=O)C3)c2Cl)cc1. The zero-order valence-corrected chi connectivity index (χ0v) is 16.4. The summed E-state index contributed by atoms with van der Waals surface area (Å²) in [5, 5.41) is 8.58. The highest BCUT2D eigenvalue weighted by atomic mass is 35.5. The summed E-state index contributed by atoms with van der Waals surface area (Å²) in [6.45, 7) is 1.75. The highest BCUT2D eigenvalue weighted by molar-refractivity contribution is 7.91. The van der Waals surface area contributed by atoms with Crippen LogP contribution in [0.4, 0.5) is 0 Å². The van der Waals surface area contributed by atoms with E-state index in [0.717, 1.165) is 0 Å². The van der Waals surface area contributed by atoms with Crippen molar-refractivity contribution in [3.8, 4) is 5.75 Å². The van der Waals surface area contributed by atoms with Gasteiger partial charge in [0.2, 0.25) is 0 Å². The van der Waals surface area contributed by atoms with Crippen molar-refractivity contribution < 1.29 is 17.9 Å². The quantitative estimate of drug-likeness (QED) is 0.599. The molecular formula is C17H19ClN4O4S. The van der Waals surface area contributed by atoms with Crippen molar-refractivity contribution in [2.75, 3.05) is 18.6 Å². The Hall–Kier alpha value is -2.39. The average Bonchev–Trinajstić information content (AvgIpc) is 3.14. The number of rotatable bonds is 5. The van der Waals surface area contributed by atoms with Crippen molar-refractivity contribution in [3.05, 3.63) is 46.2 Å². The molecule has 0 saturated carbocycles. The predicted octanol–water partition coefficient (Wildman–Crippen LogP) is 1.98. The average molecular weight is 411 g/mol. The second kappa shape index (κ2) is 7.69. The van der Waals surface area contributed by atoms with Crippen molar-refractivity contribution in [3.63, 3.8) is 0 Å². The fourth-order valence-electron chi connectivity index (χ4n) is 2.85. The third kappa shape index (κ3) is 4.30. The van der Waals surface area contributed by atoms with E-state index in [1.165, 1.54) is 10.9 Å². The van der Waals surface area contributed by atoms with Gasteiger partial charge >= 0.3 is 0 Å². The number of amides is 1. The van der Waals surface area contributed by atoms with Gasteiger partial charge in [0.25, 0.3) is 5.91 Å². The Morgan fingerprint density at radius 3 is 2.70 bits per heavy atom. The number of aryl methyl sites for hydroxylation is 1. The lowest BCUT2D eigenvalue weighted by atomic mass is 10.2. The summed E-state index contributed by atoms with van der Waals surface area (Å²) in [7, 11) is -1.50. The maximum Gasteiger partial charge on any atom is 0.271 e. The van der Waals surface area contributed by atoms with E-state index < -0.39 is 9.84 Å². The van der Waals surface area contributed by atoms with Crippen LogP contribution in [0.3, 0.4) is 0 Å². The summed E-state index contributed by atoms with van der Waals surface area (Å²) in [6, 6.07) is 6.33. The summed E-state index contributed by atoms with van der Waals surface area (Å²) >= 11 is 6.36. The number of halogens is 1. The molecule has 2 heterocycles. The van der Waals surface area contributed by atoms with Gasteiger partial charge in [-0.1, -0.05) is 11.6 Å². The lowest BCUT2D eigenvalue weighted by Crippen LogP contribution is -2.17. The minimum Gasteiger partial charge on any atom is -0.497 e. The molecule has 0 bridgehead atoms. The van der Waals surface area contributed by atoms with Crippen LogP contribution in [0.15, 0.2) is 29.4 Å². The Morgan fingerprint density at radius 2 is 2.11 bits per heavy atom. The van der Waals surface area contributed by atoms with Gasteiger partial charge in [0.05, 0.1) is 42.1 Å². The number of aromatic nitrogens is 2. The molecule has 1 saturated heterocycles. The molecule has 1 fully saturated rings. The smallest absolute Gasteiger partial charge is 0.271 e. The van der Waals surface area contributed by atoms with Crippen LogP contribution in [0.2, 0.25) is 5.15 Å². The summed E-state index contributed by atoms with van der Waals surface area (Å²) in [4.78, 5) is 12.1. The van der Waals surface area contributed by atoms with Gasteiger partial charge in [-0.25, -0.2) is 18.5 Å². The lowest BCUT2D eigenvalue weighted by Gasteiger charge is -2.09. The van der Waals surface area contributed by atoms with Crippen molar-refractivity contribution in [1.82, 2.24) is 15.2 Å². The Labute approximate surface area is 162 Å². The number of sulfone groups is 1. The first-order valence-corrected chi connectivity index (χ1v) is 10.4. The Kier molecular flexibility index (Phi) is 5.52. The third-order valence-corrected chi connectivity index (χ3v) is 6.46. The second-order valence-corrected chi connectivity index (χ2v) is 8.81. The fourth-order valence-corrected chi connectivity index (χ4v) is 4.90. The van der Waals surface area contributed by atoms with Gasteiger partial charge < -0.3 is 4.74 Å². The number of benzene rings is 1. The summed E-state index contributed by atoms with van der Waals surface area (Å²) < 4.78 is 29.9. The molecule has 1 atom stereocenters. The molecule has 1 amide bonds. The zero-order valence-electron chi connectivity index (χ0n) is 14.8. The van der Waals surface area contributed by atoms with Gasteiger partial charge in [-0.2, -0.15) is 10.2 Å². The Balaban J connectivity index is 1.71. The van der Waals surface area contributed by atoms with Crippen LogP contribution in [-0.2, 0) is 9.84 Å². The molecule has 3 rings (SSSR count). The van der Waals surface area contributed by atoms with Crippen LogP contribution < -0.4 is 10.2 Å². The van der Waals surface area contributed by atoms with E-state index >= 15 is 0 Å². The van der Waals surface area contributed by atoms with Crippen molar-refractivity contribution >= 4 is 33.6 Å². The van der Waals surface area contributed by atoms with Crippen LogP contribution in [0.5, 0.6) is 5.75 Å². The van der Waals surface area contributed by atoms with Gasteiger partial charge in [0.1, 0.15) is 10.9 Å². The highest BCUT2D eigenvalue weighted by Gasteiger charge is 2.31. The maximum atomic E-state index is 12.1. The molecule has 1 aliphatic rings. The summed E-state index contributed by atoms with van der Waals surface area (Å²) in [6.07, 6.45) is 1.89. The van der Waals surface area contributed by atoms with Gasteiger partial charge in [-0.15, -0.1) is 0 Å². The van der Waals surface area contributed by atoms with E-state index in [2.05, 4.69) is 15.6 Å². The second-order valence-electron chi connectivity index (χ2n) is 6.22. The molecule has 0 unspecified atom stereocenters. The molecule has 0 spiro atoms. The normalized spacial score (nSPS) is 18.7. The van der Waals surface area contributed by atoms with E-state index in [4.69, 9.17) is 16.3 Å². The number of carbonyl (C=O) groups excluding carboxylic acids is 1. The monoisotopic (exact) mass is 410 g/mol. The molecule has 2 aromatic rings. The predicted molar refractivity (Wildman–Crippen MR) is 102 cm³/mol. The van der Waals surface area contributed by atoms with Crippen LogP contribution in [0, 0.1) is 6.92 Å². The minimum atomic E-state index is -3.05. The molecule has 1 aliphatic heterocycles. The minimum absolute atomic E-state index is 0.0264. The first-order chi connectivity index (χ1) is 12.8. The standard InChI is InChI=1S/C17H19ClN4O4S/c1-11-15(16(18)22(21-11)13-7-8-27(24,25)10-13)9-19-20-17(23)12-3-5-14(26-2)6-4-12/h3-6,9,13H,7-8,10H2,1-2H3,(H,20,23)/b19-9-/t13-/m1/s1. The zero-order chi connectivity index (χ0) is 19.6. The van der Waals surface area contributed by atoms with E-state index in [1.807, 2.05) is 0 Å². The molecule has 0 aliphatic carbocycles. The maximum absolute atomic E-state index is 12.1. The summed E-state index contributed by atoms with van der Waals surface area (Å²) in [5.41, 5.74) is 4.00.